The van der Waals surface area contributed by atoms with Gasteiger partial charge in [-0.05, 0) is 56.3 Å². The molecule has 0 radical (unpaired) electrons. The monoisotopic (exact) mass is 483 g/mol. The van der Waals surface area contributed by atoms with E-state index in [0.29, 0.717) is 22.8 Å². The minimum atomic E-state index is -3.94. The van der Waals surface area contributed by atoms with Crippen molar-refractivity contribution in [3.8, 4) is 0 Å². The van der Waals surface area contributed by atoms with Crippen molar-refractivity contribution in [2.75, 3.05) is 14.9 Å². The second-order valence-corrected chi connectivity index (χ2v) is 9.26. The zero-order valence-electron chi connectivity index (χ0n) is 17.5. The number of sulfonamides is 1. The standard InChI is InChI=1S/C22H18ClN5O4S/c1-13-12-14(2)25-22(24-13)27-33(31,32)17-10-8-15(9-11-17)26-19-18(23)20(29)28(21(19)30)16-6-4-3-5-7-16/h3-12,26H,1-2H3,(H,24,25,27). The number of halogens is 1. The van der Waals surface area contributed by atoms with Gasteiger partial charge in [-0.25, -0.2) is 28.0 Å². The Morgan fingerprint density at radius 2 is 1.48 bits per heavy atom. The summed E-state index contributed by atoms with van der Waals surface area (Å²) < 4.78 is 27.7. The molecule has 0 spiro atoms. The molecule has 0 saturated heterocycles. The SMILES string of the molecule is Cc1cc(C)nc(NS(=O)(=O)c2ccc(NC3=C(Cl)C(=O)N(c4ccccc4)C3=O)cc2)n1. The molecule has 1 aliphatic rings. The molecule has 1 aliphatic heterocycles. The average molecular weight is 484 g/mol. The minimum absolute atomic E-state index is 0.0253. The normalized spacial score (nSPS) is 14.1. The molecule has 3 aromatic rings. The Bertz CT molecular complexity index is 1370. The molecular formula is C22H18ClN5O4S. The number of benzene rings is 2. The number of para-hydroxylation sites is 1. The van der Waals surface area contributed by atoms with Crippen molar-refractivity contribution < 1.29 is 18.0 Å². The van der Waals surface area contributed by atoms with Crippen molar-refractivity contribution in [3.05, 3.63) is 82.8 Å². The van der Waals surface area contributed by atoms with Gasteiger partial charge in [0, 0.05) is 17.1 Å². The maximum Gasteiger partial charge on any atom is 0.283 e. The lowest BCUT2D eigenvalue weighted by atomic mass is 10.3. The van der Waals surface area contributed by atoms with Crippen LogP contribution in [0, 0.1) is 13.8 Å². The highest BCUT2D eigenvalue weighted by atomic mass is 35.5. The number of hydrogen-bond donors (Lipinski definition) is 2. The van der Waals surface area contributed by atoms with Crippen molar-refractivity contribution in [1.29, 1.82) is 0 Å². The number of anilines is 3. The first-order valence-electron chi connectivity index (χ1n) is 9.71. The Hall–Kier alpha value is -3.76. The van der Waals surface area contributed by atoms with E-state index in [0.717, 1.165) is 4.90 Å². The van der Waals surface area contributed by atoms with E-state index in [1.807, 2.05) is 0 Å². The summed E-state index contributed by atoms with van der Waals surface area (Å²) in [4.78, 5) is 34.4. The molecule has 11 heteroatoms. The van der Waals surface area contributed by atoms with Crippen LogP contribution in [0.1, 0.15) is 11.4 Å². The van der Waals surface area contributed by atoms with Gasteiger partial charge in [-0.1, -0.05) is 29.8 Å². The van der Waals surface area contributed by atoms with Crippen LogP contribution in [-0.2, 0) is 19.6 Å². The number of aryl methyl sites for hydroxylation is 2. The Balaban J connectivity index is 1.53. The molecule has 1 aromatic heterocycles. The number of carbonyl (C=O) groups excluding carboxylic acids is 2. The van der Waals surface area contributed by atoms with Gasteiger partial charge >= 0.3 is 0 Å². The van der Waals surface area contributed by atoms with Crippen LogP contribution in [0.25, 0.3) is 0 Å². The van der Waals surface area contributed by atoms with E-state index < -0.39 is 21.8 Å². The summed E-state index contributed by atoms with van der Waals surface area (Å²) in [6.07, 6.45) is 0. The molecule has 9 nitrogen and oxygen atoms in total. The molecule has 4 rings (SSSR count). The van der Waals surface area contributed by atoms with Gasteiger partial charge in [0.05, 0.1) is 10.6 Å². The smallest absolute Gasteiger partial charge is 0.283 e. The van der Waals surface area contributed by atoms with Gasteiger partial charge in [-0.2, -0.15) is 0 Å². The maximum atomic E-state index is 12.8. The first-order valence-corrected chi connectivity index (χ1v) is 11.6. The van der Waals surface area contributed by atoms with Gasteiger partial charge in [-0.15, -0.1) is 0 Å². The lowest BCUT2D eigenvalue weighted by Gasteiger charge is -2.15. The van der Waals surface area contributed by atoms with Crippen LogP contribution in [0.3, 0.4) is 0 Å². The molecule has 0 aliphatic carbocycles. The molecule has 0 bridgehead atoms. The third-order valence-corrected chi connectivity index (χ3v) is 6.38. The number of aromatic nitrogens is 2. The van der Waals surface area contributed by atoms with E-state index >= 15 is 0 Å². The van der Waals surface area contributed by atoms with Crippen LogP contribution in [-0.4, -0.2) is 30.2 Å². The molecule has 2 aromatic carbocycles. The number of imide groups is 1. The van der Waals surface area contributed by atoms with E-state index in [-0.39, 0.29) is 21.6 Å². The van der Waals surface area contributed by atoms with Gasteiger partial charge in [-0.3, -0.25) is 9.59 Å². The predicted octanol–water partition coefficient (Wildman–Crippen LogP) is 3.33. The third-order valence-electron chi connectivity index (χ3n) is 4.68. The van der Waals surface area contributed by atoms with E-state index in [1.165, 1.54) is 24.3 Å². The van der Waals surface area contributed by atoms with E-state index in [4.69, 9.17) is 11.6 Å². The third kappa shape index (κ3) is 4.57. The van der Waals surface area contributed by atoms with Crippen molar-refractivity contribution in [3.63, 3.8) is 0 Å². The number of carbonyl (C=O) groups is 2. The van der Waals surface area contributed by atoms with E-state index in [9.17, 15) is 18.0 Å². The van der Waals surface area contributed by atoms with Gasteiger partial charge in [0.25, 0.3) is 21.8 Å². The molecular weight excluding hydrogens is 466 g/mol. The summed E-state index contributed by atoms with van der Waals surface area (Å²) in [6.45, 7) is 3.47. The first-order chi connectivity index (χ1) is 15.7. The van der Waals surface area contributed by atoms with Crippen LogP contribution < -0.4 is 14.9 Å². The van der Waals surface area contributed by atoms with Crippen LogP contribution in [0.4, 0.5) is 17.3 Å². The molecule has 0 atom stereocenters. The molecule has 0 unspecified atom stereocenters. The minimum Gasteiger partial charge on any atom is -0.350 e. The quantitative estimate of drug-likeness (QED) is 0.516. The summed E-state index contributed by atoms with van der Waals surface area (Å²) in [5, 5.41) is 2.55. The van der Waals surface area contributed by atoms with Gasteiger partial charge in [0.1, 0.15) is 10.7 Å². The fraction of sp³-hybridized carbons (Fsp3) is 0.0909. The highest BCUT2D eigenvalue weighted by molar-refractivity contribution is 7.92. The van der Waals surface area contributed by atoms with Crippen LogP contribution in [0.2, 0.25) is 0 Å². The highest BCUT2D eigenvalue weighted by Gasteiger charge is 2.38. The second kappa shape index (κ2) is 8.64. The van der Waals surface area contributed by atoms with Crippen LogP contribution in [0.15, 0.2) is 76.3 Å². The molecule has 2 N–H and O–H groups in total. The number of nitrogens with one attached hydrogen (secondary N) is 2. The first kappa shape index (κ1) is 22.4. The fourth-order valence-corrected chi connectivity index (χ4v) is 4.39. The second-order valence-electron chi connectivity index (χ2n) is 7.20. The zero-order chi connectivity index (χ0) is 23.8. The number of rotatable bonds is 6. The van der Waals surface area contributed by atoms with Crippen LogP contribution in [0.5, 0.6) is 0 Å². The van der Waals surface area contributed by atoms with Crippen LogP contribution >= 0.6 is 11.6 Å². The average Bonchev–Trinajstić information content (AvgIpc) is 2.97. The molecule has 0 fully saturated rings. The van der Waals surface area contributed by atoms with E-state index in [1.54, 1.807) is 50.2 Å². The molecule has 2 amide bonds. The van der Waals surface area contributed by atoms with Gasteiger partial charge in [0.2, 0.25) is 5.95 Å². The zero-order valence-corrected chi connectivity index (χ0v) is 19.1. The number of hydrogen-bond acceptors (Lipinski definition) is 7. The summed E-state index contributed by atoms with van der Waals surface area (Å²) >= 11 is 6.12. The Morgan fingerprint density at radius 3 is 2.09 bits per heavy atom. The summed E-state index contributed by atoms with van der Waals surface area (Å²) in [5.41, 5.74) is 1.93. The topological polar surface area (TPSA) is 121 Å². The lowest BCUT2D eigenvalue weighted by Crippen LogP contribution is -2.32. The van der Waals surface area contributed by atoms with Crippen molar-refractivity contribution >= 4 is 50.8 Å². The Morgan fingerprint density at radius 1 is 0.879 bits per heavy atom. The maximum absolute atomic E-state index is 12.8. The van der Waals surface area contributed by atoms with Crippen molar-refractivity contribution in [2.45, 2.75) is 18.7 Å². The van der Waals surface area contributed by atoms with Crippen molar-refractivity contribution in [1.82, 2.24) is 9.97 Å². The van der Waals surface area contributed by atoms with Gasteiger partial charge in [0.15, 0.2) is 0 Å². The fourth-order valence-electron chi connectivity index (χ4n) is 3.24. The molecule has 2 heterocycles. The molecule has 33 heavy (non-hydrogen) atoms. The van der Waals surface area contributed by atoms with Crippen molar-refractivity contribution in [2.24, 2.45) is 0 Å². The Kier molecular flexibility index (Phi) is 5.88. The summed E-state index contributed by atoms with van der Waals surface area (Å²) in [7, 11) is -3.94. The summed E-state index contributed by atoms with van der Waals surface area (Å²) in [5.74, 6) is -1.28. The molecule has 168 valence electrons. The number of nitrogens with zero attached hydrogens (tertiary/aromatic N) is 3. The number of amides is 2. The Labute approximate surface area is 195 Å². The largest absolute Gasteiger partial charge is 0.350 e. The molecule has 0 saturated carbocycles. The summed E-state index contributed by atoms with van der Waals surface area (Å²) in [6, 6.07) is 15.7. The predicted molar refractivity (Wildman–Crippen MR) is 124 cm³/mol. The van der Waals surface area contributed by atoms with Gasteiger partial charge < -0.3 is 5.32 Å². The van der Waals surface area contributed by atoms with E-state index in [2.05, 4.69) is 20.0 Å². The lowest BCUT2D eigenvalue weighted by molar-refractivity contribution is -0.120. The highest BCUT2D eigenvalue weighted by Crippen LogP contribution is 2.30.